The second kappa shape index (κ2) is 6.46. The predicted molar refractivity (Wildman–Crippen MR) is 106 cm³/mol. The highest BCUT2D eigenvalue weighted by molar-refractivity contribution is 7.12. The highest BCUT2D eigenvalue weighted by Gasteiger charge is 2.12. The highest BCUT2D eigenvalue weighted by Crippen LogP contribution is 2.22. The predicted octanol–water partition coefficient (Wildman–Crippen LogP) is 4.52. The molecule has 132 valence electrons. The topological polar surface area (TPSA) is 62.7 Å². The molecule has 3 heterocycles. The van der Waals surface area contributed by atoms with E-state index in [2.05, 4.69) is 51.9 Å². The zero-order valence-corrected chi connectivity index (χ0v) is 15.8. The number of benzene rings is 1. The van der Waals surface area contributed by atoms with E-state index in [4.69, 9.17) is 0 Å². The second-order valence-electron chi connectivity index (χ2n) is 6.55. The third-order valence-electron chi connectivity index (χ3n) is 4.38. The summed E-state index contributed by atoms with van der Waals surface area (Å²) < 4.78 is 2.11. The number of nitrogens with one attached hydrogen (secondary N) is 2. The van der Waals surface area contributed by atoms with Gasteiger partial charge in [-0.15, -0.1) is 11.3 Å². The summed E-state index contributed by atoms with van der Waals surface area (Å²) in [6.07, 6.45) is 0.264. The van der Waals surface area contributed by atoms with Gasteiger partial charge in [-0.25, -0.2) is 4.98 Å². The molecular weight excluding hydrogens is 344 g/mol. The van der Waals surface area contributed by atoms with Gasteiger partial charge in [0.1, 0.15) is 0 Å². The lowest BCUT2D eigenvalue weighted by atomic mass is 10.2. The summed E-state index contributed by atoms with van der Waals surface area (Å²) in [4.78, 5) is 20.3. The van der Waals surface area contributed by atoms with Crippen molar-refractivity contribution < 1.29 is 4.79 Å². The Balaban J connectivity index is 1.48. The Morgan fingerprint density at radius 2 is 1.92 bits per heavy atom. The van der Waals surface area contributed by atoms with Gasteiger partial charge in [0.2, 0.25) is 5.91 Å². The number of carbonyl (C=O) groups is 1. The molecule has 0 bridgehead atoms. The molecule has 1 amide bonds. The minimum Gasteiger partial charge on any atom is -0.359 e. The molecule has 26 heavy (non-hydrogen) atoms. The molecule has 0 aliphatic carbocycles. The number of hydrogen-bond donors (Lipinski definition) is 2. The minimum atomic E-state index is -0.0607. The normalized spacial score (nSPS) is 11.2. The average Bonchev–Trinajstić information content (AvgIpc) is 3.26. The number of anilines is 1. The van der Waals surface area contributed by atoms with E-state index in [1.54, 1.807) is 11.3 Å². The third-order valence-corrected chi connectivity index (χ3v) is 5.26. The minimum absolute atomic E-state index is 0.0607. The fourth-order valence-corrected chi connectivity index (χ4v) is 4.12. The number of hydrogen-bond acceptors (Lipinski definition) is 3. The molecule has 4 aromatic rings. The number of nitrogens with zero attached hydrogens (tertiary/aromatic N) is 2. The monoisotopic (exact) mass is 364 g/mol. The lowest BCUT2D eigenvalue weighted by Crippen LogP contribution is -2.14. The maximum Gasteiger partial charge on any atom is 0.230 e. The fourth-order valence-electron chi connectivity index (χ4n) is 3.18. The molecule has 4 rings (SSSR count). The summed E-state index contributed by atoms with van der Waals surface area (Å²) in [5.74, 6) is -0.0607. The van der Waals surface area contributed by atoms with E-state index >= 15 is 0 Å². The van der Waals surface area contributed by atoms with Gasteiger partial charge in [-0.1, -0.05) is 0 Å². The Bertz CT molecular complexity index is 1080. The quantitative estimate of drug-likeness (QED) is 0.559. The van der Waals surface area contributed by atoms with Crippen molar-refractivity contribution in [1.82, 2.24) is 14.5 Å². The lowest BCUT2D eigenvalue weighted by Gasteiger charge is -2.05. The Morgan fingerprint density at radius 3 is 2.69 bits per heavy atom. The summed E-state index contributed by atoms with van der Waals surface area (Å²) in [6, 6.07) is 12.1. The van der Waals surface area contributed by atoms with Crippen molar-refractivity contribution in [2.24, 2.45) is 0 Å². The Hall–Kier alpha value is -2.86. The van der Waals surface area contributed by atoms with Crippen LogP contribution in [0.5, 0.6) is 0 Å². The van der Waals surface area contributed by atoms with Crippen molar-refractivity contribution in [1.29, 1.82) is 0 Å². The van der Waals surface area contributed by atoms with Crippen LogP contribution in [0.25, 0.3) is 16.0 Å². The number of rotatable bonds is 4. The number of thiazole rings is 1. The van der Waals surface area contributed by atoms with Gasteiger partial charge in [-0.05, 0) is 57.2 Å². The Morgan fingerprint density at radius 1 is 1.15 bits per heavy atom. The summed E-state index contributed by atoms with van der Waals surface area (Å²) >= 11 is 1.56. The van der Waals surface area contributed by atoms with E-state index in [-0.39, 0.29) is 12.3 Å². The van der Waals surface area contributed by atoms with Gasteiger partial charge < -0.3 is 10.3 Å². The van der Waals surface area contributed by atoms with Gasteiger partial charge in [-0.3, -0.25) is 9.36 Å². The first-order chi connectivity index (χ1) is 12.5. The van der Waals surface area contributed by atoms with Crippen LogP contribution in [0.2, 0.25) is 0 Å². The molecule has 0 aliphatic rings. The number of amides is 1. The molecule has 3 aromatic heterocycles. The number of fused-ring (bicyclic) bond motifs is 1. The molecule has 0 aliphatic heterocycles. The van der Waals surface area contributed by atoms with Gasteiger partial charge in [0, 0.05) is 39.1 Å². The molecule has 0 unspecified atom stereocenters. The van der Waals surface area contributed by atoms with Crippen LogP contribution >= 0.6 is 11.3 Å². The second-order valence-corrected chi connectivity index (χ2v) is 7.39. The van der Waals surface area contributed by atoms with Crippen molar-refractivity contribution in [3.8, 4) is 5.13 Å². The van der Waals surface area contributed by atoms with Gasteiger partial charge in [-0.2, -0.15) is 0 Å². The Labute approximate surface area is 155 Å². The van der Waals surface area contributed by atoms with Crippen LogP contribution in [-0.2, 0) is 11.2 Å². The SMILES string of the molecule is Cc1cc2cc(NC(=O)Cc3csc(-n4c(C)ccc4C)n3)ccc2[nH]1. The summed E-state index contributed by atoms with van der Waals surface area (Å²) in [6.45, 7) is 6.13. The van der Waals surface area contributed by atoms with Crippen LogP contribution < -0.4 is 5.32 Å². The van der Waals surface area contributed by atoms with E-state index in [9.17, 15) is 4.79 Å². The molecule has 0 radical (unpaired) electrons. The van der Waals surface area contributed by atoms with Crippen LogP contribution in [0.4, 0.5) is 5.69 Å². The van der Waals surface area contributed by atoms with Crippen LogP contribution in [0.3, 0.4) is 0 Å². The first kappa shape index (κ1) is 16.6. The van der Waals surface area contributed by atoms with Gasteiger partial charge in [0.05, 0.1) is 12.1 Å². The number of aryl methyl sites for hydroxylation is 3. The molecule has 6 heteroatoms. The zero-order valence-electron chi connectivity index (χ0n) is 15.0. The standard InChI is InChI=1S/C20H20N4OS/c1-12-8-15-9-16(6-7-18(15)21-12)22-19(25)10-17-11-26-20(23-17)24-13(2)4-5-14(24)3/h4-9,11,21H,10H2,1-3H3,(H,22,25). The molecule has 5 nitrogen and oxygen atoms in total. The summed E-state index contributed by atoms with van der Waals surface area (Å²) in [5.41, 5.74) is 6.05. The molecule has 2 N–H and O–H groups in total. The van der Waals surface area contributed by atoms with Crippen LogP contribution in [0, 0.1) is 20.8 Å². The summed E-state index contributed by atoms with van der Waals surface area (Å²) in [5, 5.41) is 6.91. The number of aromatic amines is 1. The molecule has 0 saturated heterocycles. The van der Waals surface area contributed by atoms with Gasteiger partial charge in [0.15, 0.2) is 5.13 Å². The van der Waals surface area contributed by atoms with E-state index in [1.165, 1.54) is 0 Å². The maximum atomic E-state index is 12.4. The number of aromatic nitrogens is 3. The van der Waals surface area contributed by atoms with Crippen LogP contribution in [0.1, 0.15) is 22.8 Å². The van der Waals surface area contributed by atoms with Gasteiger partial charge in [0.25, 0.3) is 0 Å². The highest BCUT2D eigenvalue weighted by atomic mass is 32.1. The largest absolute Gasteiger partial charge is 0.359 e. The van der Waals surface area contributed by atoms with Crippen molar-refractivity contribution >= 4 is 33.8 Å². The van der Waals surface area contributed by atoms with E-state index < -0.39 is 0 Å². The lowest BCUT2D eigenvalue weighted by molar-refractivity contribution is -0.115. The summed E-state index contributed by atoms with van der Waals surface area (Å²) in [7, 11) is 0. The smallest absolute Gasteiger partial charge is 0.230 e. The number of H-pyrrole nitrogens is 1. The first-order valence-corrected chi connectivity index (χ1v) is 9.36. The van der Waals surface area contributed by atoms with E-state index in [0.717, 1.165) is 44.5 Å². The molecule has 0 saturated carbocycles. The molecule has 0 fully saturated rings. The van der Waals surface area contributed by atoms with Crippen molar-refractivity contribution in [2.75, 3.05) is 5.32 Å². The van der Waals surface area contributed by atoms with E-state index in [1.807, 2.05) is 30.5 Å². The first-order valence-electron chi connectivity index (χ1n) is 8.48. The molecular formula is C20H20N4OS. The van der Waals surface area contributed by atoms with Gasteiger partial charge >= 0.3 is 0 Å². The number of carbonyl (C=O) groups excluding carboxylic acids is 1. The fraction of sp³-hybridized carbons (Fsp3) is 0.200. The average molecular weight is 364 g/mol. The van der Waals surface area contributed by atoms with Crippen molar-refractivity contribution in [2.45, 2.75) is 27.2 Å². The third kappa shape index (κ3) is 3.15. The zero-order chi connectivity index (χ0) is 18.3. The van der Waals surface area contributed by atoms with Crippen molar-refractivity contribution in [3.05, 3.63) is 64.6 Å². The van der Waals surface area contributed by atoms with E-state index in [0.29, 0.717) is 0 Å². The Kier molecular flexibility index (Phi) is 4.12. The maximum absolute atomic E-state index is 12.4. The molecule has 1 aromatic carbocycles. The van der Waals surface area contributed by atoms with Crippen molar-refractivity contribution in [3.63, 3.8) is 0 Å². The van der Waals surface area contributed by atoms with Crippen LogP contribution in [0.15, 0.2) is 41.8 Å². The molecule has 0 spiro atoms. The molecule has 0 atom stereocenters. The van der Waals surface area contributed by atoms with Crippen LogP contribution in [-0.4, -0.2) is 20.4 Å².